The average Bonchev–Trinajstić information content (AvgIpc) is 2.61. The van der Waals surface area contributed by atoms with E-state index < -0.39 is 5.60 Å². The van der Waals surface area contributed by atoms with E-state index in [4.69, 9.17) is 0 Å². The van der Waals surface area contributed by atoms with E-state index >= 15 is 0 Å². The molecule has 1 N–H and O–H groups in total. The van der Waals surface area contributed by atoms with Crippen LogP contribution in [0.3, 0.4) is 0 Å². The average molecular weight is 300 g/mol. The molecule has 0 radical (unpaired) electrons. The van der Waals surface area contributed by atoms with E-state index in [1.807, 2.05) is 72.8 Å². The number of aliphatic hydroxyl groups is 1. The zero-order chi connectivity index (χ0) is 15.9. The normalized spacial score (nSPS) is 19.1. The van der Waals surface area contributed by atoms with Crippen molar-refractivity contribution in [2.45, 2.75) is 12.0 Å². The van der Waals surface area contributed by atoms with Crippen molar-refractivity contribution in [1.29, 1.82) is 0 Å². The van der Waals surface area contributed by atoms with Crippen molar-refractivity contribution >= 4 is 5.78 Å². The third kappa shape index (κ3) is 2.11. The summed E-state index contributed by atoms with van der Waals surface area (Å²) in [5.41, 5.74) is 2.52. The Morgan fingerprint density at radius 3 is 2.00 bits per heavy atom. The van der Waals surface area contributed by atoms with Gasteiger partial charge in [0, 0.05) is 12.0 Å². The number of rotatable bonds is 2. The molecule has 0 amide bonds. The number of carbonyl (C=O) groups excluding carboxylic acids is 1. The first kappa shape index (κ1) is 13.9. The molecule has 0 spiro atoms. The van der Waals surface area contributed by atoms with E-state index in [0.717, 1.165) is 16.7 Å². The Kier molecular flexibility index (Phi) is 3.14. The van der Waals surface area contributed by atoms with Gasteiger partial charge >= 0.3 is 0 Å². The van der Waals surface area contributed by atoms with Crippen molar-refractivity contribution in [3.63, 3.8) is 0 Å². The third-order valence-electron chi connectivity index (χ3n) is 4.51. The first-order valence-electron chi connectivity index (χ1n) is 7.70. The quantitative estimate of drug-likeness (QED) is 0.777. The second-order valence-electron chi connectivity index (χ2n) is 5.94. The van der Waals surface area contributed by atoms with Gasteiger partial charge in [0.2, 0.25) is 0 Å². The highest BCUT2D eigenvalue weighted by Gasteiger charge is 2.44. The third-order valence-corrected chi connectivity index (χ3v) is 4.51. The van der Waals surface area contributed by atoms with Gasteiger partial charge in [-0.2, -0.15) is 0 Å². The maximum Gasteiger partial charge on any atom is 0.199 e. The Morgan fingerprint density at radius 2 is 1.26 bits per heavy atom. The van der Waals surface area contributed by atoms with E-state index in [-0.39, 0.29) is 12.2 Å². The van der Waals surface area contributed by atoms with Crippen LogP contribution in [0.4, 0.5) is 0 Å². The number of carbonyl (C=O) groups is 1. The van der Waals surface area contributed by atoms with Crippen LogP contribution in [0.25, 0.3) is 11.1 Å². The van der Waals surface area contributed by atoms with Crippen LogP contribution < -0.4 is 0 Å². The number of Topliss-reactive ketones (excluding diaryl/α,β-unsaturated/α-hetero) is 1. The molecule has 1 unspecified atom stereocenters. The highest BCUT2D eigenvalue weighted by molar-refractivity contribution is 6.11. The summed E-state index contributed by atoms with van der Waals surface area (Å²) >= 11 is 0. The second-order valence-corrected chi connectivity index (χ2v) is 5.94. The molecule has 3 aromatic carbocycles. The van der Waals surface area contributed by atoms with Crippen LogP contribution >= 0.6 is 0 Å². The van der Waals surface area contributed by atoms with Crippen LogP contribution in [0.15, 0.2) is 78.9 Å². The minimum Gasteiger partial charge on any atom is -0.377 e. The zero-order valence-electron chi connectivity index (χ0n) is 12.6. The van der Waals surface area contributed by atoms with Crippen LogP contribution in [0.5, 0.6) is 0 Å². The smallest absolute Gasteiger partial charge is 0.199 e. The topological polar surface area (TPSA) is 37.3 Å². The lowest BCUT2D eigenvalue weighted by molar-refractivity contribution is 0.0293. The van der Waals surface area contributed by atoms with Gasteiger partial charge in [0.1, 0.15) is 0 Å². The Morgan fingerprint density at radius 1 is 0.696 bits per heavy atom. The van der Waals surface area contributed by atoms with Crippen LogP contribution in [0.2, 0.25) is 0 Å². The fourth-order valence-electron chi connectivity index (χ4n) is 3.41. The first-order valence-corrected chi connectivity index (χ1v) is 7.70. The number of fused-ring (bicyclic) bond motifs is 3. The molecule has 2 heteroatoms. The second kappa shape index (κ2) is 5.18. The number of benzene rings is 3. The van der Waals surface area contributed by atoms with Gasteiger partial charge < -0.3 is 5.11 Å². The van der Waals surface area contributed by atoms with Gasteiger partial charge in [-0.25, -0.2) is 0 Å². The van der Waals surface area contributed by atoms with Crippen LogP contribution in [0.1, 0.15) is 21.5 Å². The van der Waals surface area contributed by atoms with Gasteiger partial charge in [0.25, 0.3) is 0 Å². The molecular weight excluding hydrogens is 284 g/mol. The van der Waals surface area contributed by atoms with E-state index in [1.54, 1.807) is 6.07 Å². The summed E-state index contributed by atoms with van der Waals surface area (Å²) in [4.78, 5) is 13.1. The molecule has 1 aliphatic carbocycles. The Balaban J connectivity index is 1.93. The molecule has 0 bridgehead atoms. The lowest BCUT2D eigenvalue weighted by atomic mass is 9.72. The Hall–Kier alpha value is -2.71. The van der Waals surface area contributed by atoms with Crippen molar-refractivity contribution < 1.29 is 9.90 Å². The summed E-state index contributed by atoms with van der Waals surface area (Å²) in [6, 6.07) is 24.8. The summed E-state index contributed by atoms with van der Waals surface area (Å²) in [5, 5.41) is 11.3. The molecule has 0 aromatic heterocycles. The molecule has 112 valence electrons. The SMILES string of the molecule is O=C1c2ccccc2-c2ccccc2C1(O)Cc1ccccc1. The van der Waals surface area contributed by atoms with Gasteiger partial charge in [-0.05, 0) is 22.3 Å². The number of ketones is 1. The minimum atomic E-state index is -1.52. The van der Waals surface area contributed by atoms with Crippen molar-refractivity contribution in [3.05, 3.63) is 95.6 Å². The van der Waals surface area contributed by atoms with Gasteiger partial charge in [0.15, 0.2) is 11.4 Å². The molecule has 1 aliphatic rings. The van der Waals surface area contributed by atoms with Gasteiger partial charge in [-0.1, -0.05) is 78.9 Å². The number of hydrogen-bond acceptors (Lipinski definition) is 2. The van der Waals surface area contributed by atoms with Crippen LogP contribution in [-0.4, -0.2) is 10.9 Å². The largest absolute Gasteiger partial charge is 0.377 e. The molecule has 0 aliphatic heterocycles. The van der Waals surface area contributed by atoms with Crippen molar-refractivity contribution in [3.8, 4) is 11.1 Å². The molecule has 4 rings (SSSR count). The maximum atomic E-state index is 13.1. The molecule has 3 aromatic rings. The molecule has 2 nitrogen and oxygen atoms in total. The summed E-state index contributed by atoms with van der Waals surface area (Å²) in [6.45, 7) is 0. The fraction of sp³-hybridized carbons (Fsp3) is 0.0952. The van der Waals surface area contributed by atoms with Crippen molar-refractivity contribution in [2.75, 3.05) is 0 Å². The van der Waals surface area contributed by atoms with Gasteiger partial charge in [0.05, 0.1) is 0 Å². The summed E-state index contributed by atoms with van der Waals surface area (Å²) in [5.74, 6) is -0.226. The van der Waals surface area contributed by atoms with E-state index in [1.165, 1.54) is 0 Å². The van der Waals surface area contributed by atoms with Crippen LogP contribution in [-0.2, 0) is 12.0 Å². The number of hydrogen-bond donors (Lipinski definition) is 1. The monoisotopic (exact) mass is 300 g/mol. The molecule has 0 fully saturated rings. The van der Waals surface area contributed by atoms with Crippen molar-refractivity contribution in [1.82, 2.24) is 0 Å². The maximum absolute atomic E-state index is 13.1. The first-order chi connectivity index (χ1) is 11.2. The Bertz CT molecular complexity index is 883. The molecule has 0 heterocycles. The predicted molar refractivity (Wildman–Crippen MR) is 90.3 cm³/mol. The molecule has 1 atom stereocenters. The Labute approximate surface area is 135 Å². The standard InChI is InChI=1S/C21H16O2/c22-20-18-12-5-4-10-16(18)17-11-6-7-13-19(17)21(20,23)14-15-8-2-1-3-9-15/h1-13,23H,14H2. The zero-order valence-corrected chi connectivity index (χ0v) is 12.6. The van der Waals surface area contributed by atoms with Crippen LogP contribution in [0, 0.1) is 0 Å². The molecular formula is C21H16O2. The summed E-state index contributed by atoms with van der Waals surface area (Å²) in [7, 11) is 0. The van der Waals surface area contributed by atoms with Gasteiger partial charge in [-0.3, -0.25) is 4.79 Å². The fourth-order valence-corrected chi connectivity index (χ4v) is 3.41. The lowest BCUT2D eigenvalue weighted by Gasteiger charge is -2.34. The molecule has 23 heavy (non-hydrogen) atoms. The summed E-state index contributed by atoms with van der Waals surface area (Å²) < 4.78 is 0. The van der Waals surface area contributed by atoms with Gasteiger partial charge in [-0.15, -0.1) is 0 Å². The molecule has 0 saturated heterocycles. The molecule has 0 saturated carbocycles. The minimum absolute atomic E-state index is 0.226. The van der Waals surface area contributed by atoms with E-state index in [0.29, 0.717) is 11.1 Å². The van der Waals surface area contributed by atoms with E-state index in [9.17, 15) is 9.90 Å². The summed E-state index contributed by atoms with van der Waals surface area (Å²) in [6.07, 6.45) is 0.276. The lowest BCUT2D eigenvalue weighted by Crippen LogP contribution is -2.41. The highest BCUT2D eigenvalue weighted by atomic mass is 16.3. The van der Waals surface area contributed by atoms with E-state index in [2.05, 4.69) is 0 Å². The predicted octanol–water partition coefficient (Wildman–Crippen LogP) is 3.98. The van der Waals surface area contributed by atoms with Crippen molar-refractivity contribution in [2.24, 2.45) is 0 Å². The highest BCUT2D eigenvalue weighted by Crippen LogP contribution is 2.43.